The Morgan fingerprint density at radius 1 is 0.480 bits per heavy atom. The van der Waals surface area contributed by atoms with Crippen molar-refractivity contribution in [1.29, 1.82) is 0 Å². The number of halogens is 1. The summed E-state index contributed by atoms with van der Waals surface area (Å²) in [7, 11) is 0. The second kappa shape index (κ2) is 6.92. The molecule has 1 aromatic heterocycles. The summed E-state index contributed by atoms with van der Waals surface area (Å²) < 4.78 is 6.21. The van der Waals surface area contributed by atoms with Gasteiger partial charge in [0.15, 0.2) is 0 Å². The van der Waals surface area contributed by atoms with Crippen LogP contribution in [0.3, 0.4) is 0 Å². The lowest BCUT2D eigenvalue weighted by molar-refractivity contribution is 0.582. The molecule has 25 heavy (non-hydrogen) atoms. The van der Waals surface area contributed by atoms with Gasteiger partial charge >= 0.3 is 11.5 Å². The van der Waals surface area contributed by atoms with E-state index >= 15 is 0 Å². The third-order valence-electron chi connectivity index (χ3n) is 4.09. The summed E-state index contributed by atoms with van der Waals surface area (Å²) in [5, 5.41) is 0.732. The Kier molecular flexibility index (Phi) is 4.32. The molecule has 3 aromatic carbocycles. The first kappa shape index (κ1) is 15.6. The Balaban J connectivity index is 1.90. The standard InChI is InChI=1S/C23H16ClO/c24-21-13-11-17(12-14-21)20-15-22(18-7-3-1-4-8-18)25-23(16-20)19-9-5-2-6-10-19/h1-16H/q+1. The SMILES string of the molecule is Clc1ccc(-c2cc(-c3ccccc3)[o+]c(-c3ccccc3)c2)cc1. The van der Waals surface area contributed by atoms with Gasteiger partial charge in [-0.2, -0.15) is 0 Å². The van der Waals surface area contributed by atoms with E-state index in [4.69, 9.17) is 16.0 Å². The first-order chi connectivity index (χ1) is 12.3. The highest BCUT2D eigenvalue weighted by Gasteiger charge is 2.20. The summed E-state index contributed by atoms with van der Waals surface area (Å²) in [5.74, 6) is 1.68. The van der Waals surface area contributed by atoms with Gasteiger partial charge in [0.1, 0.15) is 0 Å². The van der Waals surface area contributed by atoms with Gasteiger partial charge in [0.05, 0.1) is 23.3 Å². The highest BCUT2D eigenvalue weighted by atomic mass is 35.5. The second-order valence-corrected chi connectivity index (χ2v) is 6.25. The molecule has 0 bridgehead atoms. The van der Waals surface area contributed by atoms with Crippen LogP contribution >= 0.6 is 11.6 Å². The van der Waals surface area contributed by atoms with E-state index in [0.29, 0.717) is 0 Å². The van der Waals surface area contributed by atoms with Crippen molar-refractivity contribution in [3.05, 3.63) is 102 Å². The molecule has 0 N–H and O–H groups in total. The maximum absolute atomic E-state index is 6.21. The summed E-state index contributed by atoms with van der Waals surface area (Å²) in [4.78, 5) is 0. The number of hydrogen-bond donors (Lipinski definition) is 0. The third kappa shape index (κ3) is 3.47. The van der Waals surface area contributed by atoms with Crippen LogP contribution in [0.1, 0.15) is 0 Å². The zero-order valence-corrected chi connectivity index (χ0v) is 14.3. The molecule has 0 aliphatic carbocycles. The molecule has 1 heterocycles. The molecule has 0 amide bonds. The van der Waals surface area contributed by atoms with E-state index in [1.807, 2.05) is 60.7 Å². The second-order valence-electron chi connectivity index (χ2n) is 5.81. The average Bonchev–Trinajstić information content (AvgIpc) is 2.69. The molecule has 0 aliphatic heterocycles. The largest absolute Gasteiger partial charge is 0.361 e. The highest BCUT2D eigenvalue weighted by Crippen LogP contribution is 2.33. The quantitative estimate of drug-likeness (QED) is 0.357. The number of hydrogen-bond acceptors (Lipinski definition) is 0. The van der Waals surface area contributed by atoms with Crippen LogP contribution in [0.4, 0.5) is 0 Å². The van der Waals surface area contributed by atoms with Gasteiger partial charge in [0.2, 0.25) is 0 Å². The lowest BCUT2D eigenvalue weighted by Crippen LogP contribution is -1.86. The molecule has 1 nitrogen and oxygen atoms in total. The van der Waals surface area contributed by atoms with Gasteiger partial charge in [-0.1, -0.05) is 60.1 Å². The number of rotatable bonds is 3. The van der Waals surface area contributed by atoms with Crippen LogP contribution in [0.2, 0.25) is 5.02 Å². The first-order valence-corrected chi connectivity index (χ1v) is 8.52. The Bertz CT molecular complexity index is 920. The van der Waals surface area contributed by atoms with Crippen molar-refractivity contribution in [3.63, 3.8) is 0 Å². The topological polar surface area (TPSA) is 11.3 Å². The molecule has 0 spiro atoms. The molecule has 120 valence electrons. The van der Waals surface area contributed by atoms with Gasteiger partial charge in [0, 0.05) is 10.6 Å². The van der Waals surface area contributed by atoms with Gasteiger partial charge in [-0.25, -0.2) is 4.42 Å². The molecule has 0 radical (unpaired) electrons. The molecule has 0 saturated heterocycles. The Hall–Kier alpha value is -2.90. The lowest BCUT2D eigenvalue weighted by Gasteiger charge is -2.02. The van der Waals surface area contributed by atoms with Crippen molar-refractivity contribution >= 4 is 11.6 Å². The molecular weight excluding hydrogens is 328 g/mol. The van der Waals surface area contributed by atoms with E-state index in [1.54, 1.807) is 0 Å². The Morgan fingerprint density at radius 3 is 1.44 bits per heavy atom. The van der Waals surface area contributed by atoms with Crippen LogP contribution in [0.5, 0.6) is 0 Å². The predicted octanol–water partition coefficient (Wildman–Crippen LogP) is 7.22. The van der Waals surface area contributed by atoms with E-state index in [9.17, 15) is 0 Å². The predicted molar refractivity (Wildman–Crippen MR) is 104 cm³/mol. The summed E-state index contributed by atoms with van der Waals surface area (Å²) >= 11 is 6.03. The molecule has 0 atom stereocenters. The molecule has 4 rings (SSSR count). The van der Waals surface area contributed by atoms with Gasteiger partial charge in [-0.3, -0.25) is 0 Å². The van der Waals surface area contributed by atoms with Crippen molar-refractivity contribution in [3.8, 4) is 33.8 Å². The third-order valence-corrected chi connectivity index (χ3v) is 4.34. The summed E-state index contributed by atoms with van der Waals surface area (Å²) in [5.41, 5.74) is 4.31. The minimum atomic E-state index is 0.732. The molecule has 0 aliphatic rings. The maximum atomic E-state index is 6.21. The van der Waals surface area contributed by atoms with Crippen LogP contribution in [0.25, 0.3) is 33.8 Å². The van der Waals surface area contributed by atoms with Gasteiger partial charge in [0.25, 0.3) is 0 Å². The van der Waals surface area contributed by atoms with Crippen molar-refractivity contribution in [2.24, 2.45) is 0 Å². The zero-order chi connectivity index (χ0) is 17.1. The number of benzene rings is 3. The van der Waals surface area contributed by atoms with Crippen LogP contribution in [0.15, 0.2) is 101 Å². The summed E-state index contributed by atoms with van der Waals surface area (Å²) in [6, 6.07) is 32.3. The Labute approximate surface area is 152 Å². The minimum absolute atomic E-state index is 0.732. The van der Waals surface area contributed by atoms with Crippen LogP contribution in [-0.4, -0.2) is 0 Å². The lowest BCUT2D eigenvalue weighted by atomic mass is 10.0. The van der Waals surface area contributed by atoms with E-state index in [0.717, 1.165) is 38.8 Å². The summed E-state index contributed by atoms with van der Waals surface area (Å²) in [6.07, 6.45) is 0. The highest BCUT2D eigenvalue weighted by molar-refractivity contribution is 6.30. The fourth-order valence-corrected chi connectivity index (χ4v) is 2.93. The van der Waals surface area contributed by atoms with E-state index < -0.39 is 0 Å². The van der Waals surface area contributed by atoms with Crippen LogP contribution in [0, 0.1) is 0 Å². The molecule has 4 aromatic rings. The molecule has 2 heteroatoms. The van der Waals surface area contributed by atoms with E-state index in [-0.39, 0.29) is 0 Å². The van der Waals surface area contributed by atoms with Crippen LogP contribution < -0.4 is 0 Å². The zero-order valence-electron chi connectivity index (χ0n) is 13.5. The molecule has 0 saturated carbocycles. The Morgan fingerprint density at radius 2 is 0.960 bits per heavy atom. The summed E-state index contributed by atoms with van der Waals surface area (Å²) in [6.45, 7) is 0. The van der Waals surface area contributed by atoms with E-state index in [2.05, 4.69) is 36.4 Å². The smallest absolute Gasteiger partial charge is 0.207 e. The minimum Gasteiger partial charge on any atom is -0.207 e. The molecular formula is C23H16ClO+. The van der Waals surface area contributed by atoms with Crippen LogP contribution in [-0.2, 0) is 0 Å². The monoisotopic (exact) mass is 343 g/mol. The maximum Gasteiger partial charge on any atom is 0.361 e. The fraction of sp³-hybridized carbons (Fsp3) is 0. The van der Waals surface area contributed by atoms with Crippen molar-refractivity contribution < 1.29 is 4.42 Å². The first-order valence-electron chi connectivity index (χ1n) is 8.14. The van der Waals surface area contributed by atoms with Crippen molar-refractivity contribution in [1.82, 2.24) is 0 Å². The molecule has 0 unspecified atom stereocenters. The van der Waals surface area contributed by atoms with Crippen molar-refractivity contribution in [2.45, 2.75) is 0 Å². The van der Waals surface area contributed by atoms with Crippen molar-refractivity contribution in [2.75, 3.05) is 0 Å². The normalized spacial score (nSPS) is 10.6. The molecule has 0 fully saturated rings. The van der Waals surface area contributed by atoms with Gasteiger partial charge in [-0.15, -0.1) is 0 Å². The van der Waals surface area contributed by atoms with Gasteiger partial charge in [-0.05, 0) is 42.0 Å². The average molecular weight is 344 g/mol. The fourth-order valence-electron chi connectivity index (χ4n) is 2.80. The van der Waals surface area contributed by atoms with Gasteiger partial charge < -0.3 is 0 Å². The van der Waals surface area contributed by atoms with E-state index in [1.165, 1.54) is 0 Å².